The van der Waals surface area contributed by atoms with Crippen LogP contribution in [0.5, 0.6) is 0 Å². The minimum atomic E-state index is -0.0342. The zero-order chi connectivity index (χ0) is 10.7. The summed E-state index contributed by atoms with van der Waals surface area (Å²) in [6.07, 6.45) is 2.05. The van der Waals surface area contributed by atoms with Crippen molar-refractivity contribution in [3.63, 3.8) is 0 Å². The van der Waals surface area contributed by atoms with Crippen molar-refractivity contribution in [3.8, 4) is 0 Å². The third kappa shape index (κ3) is 2.67. The Morgan fingerprint density at radius 2 is 2.00 bits per heavy atom. The van der Waals surface area contributed by atoms with Crippen molar-refractivity contribution in [1.29, 1.82) is 0 Å². The topological polar surface area (TPSA) is 38.9 Å². The Hall–Kier alpha value is -1.15. The molecule has 0 saturated carbocycles. The quantitative estimate of drug-likeness (QED) is 0.728. The summed E-state index contributed by atoms with van der Waals surface area (Å²) in [5, 5.41) is 0. The van der Waals surface area contributed by atoms with Crippen molar-refractivity contribution in [2.45, 2.75) is 33.7 Å². The molecule has 2 nitrogen and oxygen atoms in total. The van der Waals surface area contributed by atoms with Crippen LogP contribution in [-0.2, 0) is 0 Å². The van der Waals surface area contributed by atoms with E-state index in [-0.39, 0.29) is 6.04 Å². The molecule has 0 aromatic carbocycles. The second kappa shape index (κ2) is 4.38. The first-order chi connectivity index (χ1) is 6.50. The zero-order valence-electron chi connectivity index (χ0n) is 9.33. The summed E-state index contributed by atoms with van der Waals surface area (Å²) in [5.41, 5.74) is 10.4. The third-order valence-electron chi connectivity index (χ3n) is 2.14. The lowest BCUT2D eigenvalue weighted by molar-refractivity contribution is 0.868. The van der Waals surface area contributed by atoms with Crippen LogP contribution in [0.15, 0.2) is 23.8 Å². The Morgan fingerprint density at radius 1 is 1.36 bits per heavy atom. The van der Waals surface area contributed by atoms with E-state index in [9.17, 15) is 0 Å². The van der Waals surface area contributed by atoms with E-state index in [1.54, 1.807) is 0 Å². The fourth-order valence-corrected chi connectivity index (χ4v) is 1.50. The van der Waals surface area contributed by atoms with Gasteiger partial charge in [-0.15, -0.1) is 0 Å². The lowest BCUT2D eigenvalue weighted by atomic mass is 10.0. The van der Waals surface area contributed by atoms with Crippen LogP contribution in [0.3, 0.4) is 0 Å². The summed E-state index contributed by atoms with van der Waals surface area (Å²) in [5.74, 6) is 0. The number of hydrogen-bond donors (Lipinski definition) is 1. The van der Waals surface area contributed by atoms with Gasteiger partial charge in [0.25, 0.3) is 0 Å². The first kappa shape index (κ1) is 10.9. The van der Waals surface area contributed by atoms with Gasteiger partial charge in [0.1, 0.15) is 0 Å². The minimum absolute atomic E-state index is 0.0342. The number of nitrogens with zero attached hydrogens (tertiary/aromatic N) is 1. The number of nitrogens with two attached hydrogens (primary N) is 1. The van der Waals surface area contributed by atoms with Crippen molar-refractivity contribution in [3.05, 3.63) is 40.7 Å². The van der Waals surface area contributed by atoms with E-state index in [4.69, 9.17) is 5.73 Å². The van der Waals surface area contributed by atoms with E-state index in [2.05, 4.69) is 31.0 Å². The Morgan fingerprint density at radius 3 is 2.50 bits per heavy atom. The number of aromatic nitrogens is 1. The molecule has 0 radical (unpaired) electrons. The van der Waals surface area contributed by atoms with Gasteiger partial charge >= 0.3 is 0 Å². The summed E-state index contributed by atoms with van der Waals surface area (Å²) < 4.78 is 0. The molecule has 0 aliphatic carbocycles. The van der Waals surface area contributed by atoms with Crippen LogP contribution in [-0.4, -0.2) is 4.98 Å². The molecule has 2 heteroatoms. The summed E-state index contributed by atoms with van der Waals surface area (Å²) in [4.78, 5) is 4.39. The highest BCUT2D eigenvalue weighted by Crippen LogP contribution is 2.16. The van der Waals surface area contributed by atoms with Crippen molar-refractivity contribution >= 4 is 0 Å². The standard InChI is InChI=1S/C12H18N2/c1-8(2)7-12(13)11-6-5-9(3)14-10(11)4/h5-7,12H,13H2,1-4H3. The molecule has 0 spiro atoms. The molecule has 1 atom stereocenters. The van der Waals surface area contributed by atoms with Crippen LogP contribution in [0, 0.1) is 13.8 Å². The molecular weight excluding hydrogens is 172 g/mol. The molecule has 1 heterocycles. The first-order valence-corrected chi connectivity index (χ1v) is 4.85. The molecule has 0 fully saturated rings. The minimum Gasteiger partial charge on any atom is -0.321 e. The predicted molar refractivity (Wildman–Crippen MR) is 60.1 cm³/mol. The maximum absolute atomic E-state index is 6.03. The van der Waals surface area contributed by atoms with E-state index in [0.29, 0.717) is 0 Å². The normalized spacial score (nSPS) is 12.4. The summed E-state index contributed by atoms with van der Waals surface area (Å²) in [6, 6.07) is 4.02. The highest BCUT2D eigenvalue weighted by atomic mass is 14.7. The Balaban J connectivity index is 3.02. The second-order valence-electron chi connectivity index (χ2n) is 3.90. The van der Waals surface area contributed by atoms with Gasteiger partial charge in [-0.1, -0.05) is 17.7 Å². The van der Waals surface area contributed by atoms with Gasteiger partial charge in [-0.2, -0.15) is 0 Å². The lowest BCUT2D eigenvalue weighted by Crippen LogP contribution is -2.10. The molecule has 0 aliphatic heterocycles. The van der Waals surface area contributed by atoms with E-state index in [1.807, 2.05) is 19.9 Å². The molecule has 1 rings (SSSR count). The summed E-state index contributed by atoms with van der Waals surface area (Å²) in [6.45, 7) is 8.10. The molecule has 0 saturated heterocycles. The molecule has 1 unspecified atom stereocenters. The monoisotopic (exact) mass is 190 g/mol. The molecule has 1 aromatic heterocycles. The Labute approximate surface area is 85.9 Å². The predicted octanol–water partition coefficient (Wildman–Crippen LogP) is 2.66. The fourth-order valence-electron chi connectivity index (χ4n) is 1.50. The third-order valence-corrected chi connectivity index (χ3v) is 2.14. The van der Waals surface area contributed by atoms with Crippen LogP contribution in [0.1, 0.15) is 36.8 Å². The lowest BCUT2D eigenvalue weighted by Gasteiger charge is -2.11. The van der Waals surface area contributed by atoms with Crippen LogP contribution in [0.4, 0.5) is 0 Å². The summed E-state index contributed by atoms with van der Waals surface area (Å²) in [7, 11) is 0. The van der Waals surface area contributed by atoms with Crippen molar-refractivity contribution < 1.29 is 0 Å². The SMILES string of the molecule is CC(C)=CC(N)c1ccc(C)nc1C. The highest BCUT2D eigenvalue weighted by Gasteiger charge is 2.06. The Kier molecular flexibility index (Phi) is 3.42. The van der Waals surface area contributed by atoms with Gasteiger partial charge in [0, 0.05) is 11.4 Å². The van der Waals surface area contributed by atoms with Gasteiger partial charge < -0.3 is 5.73 Å². The molecule has 1 aromatic rings. The number of allylic oxidation sites excluding steroid dienone is 1. The number of rotatable bonds is 2. The summed E-state index contributed by atoms with van der Waals surface area (Å²) >= 11 is 0. The van der Waals surface area contributed by atoms with Crippen molar-refractivity contribution in [2.24, 2.45) is 5.73 Å². The highest BCUT2D eigenvalue weighted by molar-refractivity contribution is 5.28. The van der Waals surface area contributed by atoms with E-state index in [1.165, 1.54) is 5.57 Å². The number of pyridine rings is 1. The van der Waals surface area contributed by atoms with Crippen LogP contribution in [0.25, 0.3) is 0 Å². The van der Waals surface area contributed by atoms with Gasteiger partial charge in [-0.25, -0.2) is 0 Å². The van der Waals surface area contributed by atoms with Gasteiger partial charge in [0.05, 0.1) is 6.04 Å². The van der Waals surface area contributed by atoms with Crippen LogP contribution >= 0.6 is 0 Å². The van der Waals surface area contributed by atoms with Gasteiger partial charge in [-0.3, -0.25) is 4.98 Å². The van der Waals surface area contributed by atoms with E-state index in [0.717, 1.165) is 17.0 Å². The maximum Gasteiger partial charge on any atom is 0.0501 e. The van der Waals surface area contributed by atoms with Crippen LogP contribution < -0.4 is 5.73 Å². The smallest absolute Gasteiger partial charge is 0.0501 e. The molecule has 0 aliphatic rings. The van der Waals surface area contributed by atoms with E-state index < -0.39 is 0 Å². The van der Waals surface area contributed by atoms with Gasteiger partial charge in [-0.05, 0) is 39.3 Å². The van der Waals surface area contributed by atoms with Crippen molar-refractivity contribution in [2.75, 3.05) is 0 Å². The molecular formula is C12H18N2. The molecule has 14 heavy (non-hydrogen) atoms. The molecule has 76 valence electrons. The van der Waals surface area contributed by atoms with Crippen molar-refractivity contribution in [1.82, 2.24) is 4.98 Å². The van der Waals surface area contributed by atoms with Gasteiger partial charge in [0.15, 0.2) is 0 Å². The van der Waals surface area contributed by atoms with Crippen LogP contribution in [0.2, 0.25) is 0 Å². The first-order valence-electron chi connectivity index (χ1n) is 4.85. The average molecular weight is 190 g/mol. The number of hydrogen-bond acceptors (Lipinski definition) is 2. The van der Waals surface area contributed by atoms with Gasteiger partial charge in [0.2, 0.25) is 0 Å². The molecule has 2 N–H and O–H groups in total. The maximum atomic E-state index is 6.03. The van der Waals surface area contributed by atoms with E-state index >= 15 is 0 Å². The zero-order valence-corrected chi connectivity index (χ0v) is 9.33. The second-order valence-corrected chi connectivity index (χ2v) is 3.90. The molecule has 0 bridgehead atoms. The average Bonchev–Trinajstić information content (AvgIpc) is 2.01. The Bertz CT molecular complexity index is 349. The fraction of sp³-hybridized carbons (Fsp3) is 0.417. The molecule has 0 amide bonds. The number of aryl methyl sites for hydroxylation is 2. The largest absolute Gasteiger partial charge is 0.321 e.